The van der Waals surface area contributed by atoms with E-state index < -0.39 is 0 Å². The number of aryl methyl sites for hydroxylation is 1. The highest BCUT2D eigenvalue weighted by atomic mass is 16.5. The van der Waals surface area contributed by atoms with E-state index in [-0.39, 0.29) is 5.41 Å². The molecule has 1 aromatic rings. The minimum Gasteiger partial charge on any atom is -0.489 e. The molecule has 0 spiro atoms. The number of hydrogen-bond acceptors (Lipinski definition) is 1. The summed E-state index contributed by atoms with van der Waals surface area (Å²) < 4.78 is 5.78. The molecule has 0 saturated heterocycles. The molecule has 1 aliphatic rings. The number of benzene rings is 1. The second-order valence-corrected chi connectivity index (χ2v) is 5.14. The summed E-state index contributed by atoms with van der Waals surface area (Å²) in [6, 6.07) is 4.37. The van der Waals surface area contributed by atoms with Crippen LogP contribution in [-0.2, 0) is 5.41 Å². The Kier molecular flexibility index (Phi) is 2.34. The van der Waals surface area contributed by atoms with E-state index in [1.807, 2.05) is 0 Å². The molecule has 1 heteroatoms. The highest BCUT2D eigenvalue weighted by Crippen LogP contribution is 2.37. The van der Waals surface area contributed by atoms with E-state index in [2.05, 4.69) is 52.0 Å². The quantitative estimate of drug-likeness (QED) is 0.623. The summed E-state index contributed by atoms with van der Waals surface area (Å²) in [5.74, 6) is 1.07. The molecule has 0 bridgehead atoms. The van der Waals surface area contributed by atoms with E-state index in [0.29, 0.717) is 6.61 Å². The molecule has 1 aliphatic heterocycles. The number of rotatable bonds is 0. The maximum absolute atomic E-state index is 5.78. The summed E-state index contributed by atoms with van der Waals surface area (Å²) >= 11 is 0. The Labute approximate surface area is 91.8 Å². The molecule has 0 N–H and O–H groups in total. The Morgan fingerprint density at radius 1 is 1.20 bits per heavy atom. The SMILES string of the molecule is Cc1ccc(C(C)(C)C)c2c1C=CCO2. The zero-order valence-electron chi connectivity index (χ0n) is 9.92. The summed E-state index contributed by atoms with van der Waals surface area (Å²) in [6.07, 6.45) is 4.24. The molecular formula is C14H18O. The van der Waals surface area contributed by atoms with Gasteiger partial charge in [-0.15, -0.1) is 0 Å². The molecule has 80 valence electrons. The van der Waals surface area contributed by atoms with Crippen LogP contribution in [0, 0.1) is 6.92 Å². The Balaban J connectivity index is 2.65. The van der Waals surface area contributed by atoms with Crippen LogP contribution in [-0.4, -0.2) is 6.61 Å². The Hall–Kier alpha value is -1.24. The highest BCUT2D eigenvalue weighted by Gasteiger charge is 2.22. The summed E-state index contributed by atoms with van der Waals surface area (Å²) in [6.45, 7) is 9.49. The average Bonchev–Trinajstić information content (AvgIpc) is 2.17. The van der Waals surface area contributed by atoms with Gasteiger partial charge < -0.3 is 4.74 Å². The zero-order valence-corrected chi connectivity index (χ0v) is 9.92. The van der Waals surface area contributed by atoms with Gasteiger partial charge in [-0.3, -0.25) is 0 Å². The van der Waals surface area contributed by atoms with E-state index in [0.717, 1.165) is 5.75 Å². The van der Waals surface area contributed by atoms with E-state index in [1.54, 1.807) is 0 Å². The van der Waals surface area contributed by atoms with Crippen molar-refractivity contribution in [3.05, 3.63) is 34.9 Å². The van der Waals surface area contributed by atoms with Crippen molar-refractivity contribution in [2.75, 3.05) is 6.61 Å². The molecular weight excluding hydrogens is 184 g/mol. The largest absolute Gasteiger partial charge is 0.489 e. The fourth-order valence-corrected chi connectivity index (χ4v) is 1.95. The normalized spacial score (nSPS) is 14.7. The third-order valence-electron chi connectivity index (χ3n) is 2.83. The van der Waals surface area contributed by atoms with Crippen LogP contribution in [0.1, 0.15) is 37.5 Å². The highest BCUT2D eigenvalue weighted by molar-refractivity contribution is 5.66. The lowest BCUT2D eigenvalue weighted by Crippen LogP contribution is -2.16. The van der Waals surface area contributed by atoms with Crippen LogP contribution >= 0.6 is 0 Å². The van der Waals surface area contributed by atoms with Gasteiger partial charge in [0.2, 0.25) is 0 Å². The fraction of sp³-hybridized carbons (Fsp3) is 0.429. The lowest BCUT2D eigenvalue weighted by Gasteiger charge is -2.26. The van der Waals surface area contributed by atoms with E-state index in [9.17, 15) is 0 Å². The van der Waals surface area contributed by atoms with Gasteiger partial charge >= 0.3 is 0 Å². The molecule has 0 radical (unpaired) electrons. The van der Waals surface area contributed by atoms with Gasteiger partial charge in [0, 0.05) is 11.1 Å². The smallest absolute Gasteiger partial charge is 0.130 e. The number of ether oxygens (including phenoxy) is 1. The van der Waals surface area contributed by atoms with Gasteiger partial charge in [0.05, 0.1) is 0 Å². The standard InChI is InChI=1S/C14H18O/c1-10-7-8-12(14(2,3)4)13-11(10)6-5-9-15-13/h5-8H,9H2,1-4H3. The average molecular weight is 202 g/mol. The van der Waals surface area contributed by atoms with E-state index >= 15 is 0 Å². The van der Waals surface area contributed by atoms with Crippen molar-refractivity contribution in [2.24, 2.45) is 0 Å². The van der Waals surface area contributed by atoms with Crippen LogP contribution in [0.15, 0.2) is 18.2 Å². The molecule has 1 heterocycles. The number of fused-ring (bicyclic) bond motifs is 1. The molecule has 2 rings (SSSR count). The third-order valence-corrected chi connectivity index (χ3v) is 2.83. The van der Waals surface area contributed by atoms with Crippen LogP contribution in [0.25, 0.3) is 6.08 Å². The molecule has 1 aromatic carbocycles. The topological polar surface area (TPSA) is 9.23 Å². The van der Waals surface area contributed by atoms with Gasteiger partial charge in [0.1, 0.15) is 12.4 Å². The van der Waals surface area contributed by atoms with Gasteiger partial charge in [-0.25, -0.2) is 0 Å². The van der Waals surface area contributed by atoms with Crippen LogP contribution < -0.4 is 4.74 Å². The van der Waals surface area contributed by atoms with Gasteiger partial charge in [-0.2, -0.15) is 0 Å². The van der Waals surface area contributed by atoms with Crippen molar-refractivity contribution in [3.8, 4) is 5.75 Å². The van der Waals surface area contributed by atoms with Gasteiger partial charge in [-0.1, -0.05) is 39.0 Å². The molecule has 0 fully saturated rings. The van der Waals surface area contributed by atoms with Crippen molar-refractivity contribution in [3.63, 3.8) is 0 Å². The molecule has 0 atom stereocenters. The third kappa shape index (κ3) is 1.79. The van der Waals surface area contributed by atoms with Crippen molar-refractivity contribution in [2.45, 2.75) is 33.1 Å². The summed E-state index contributed by atoms with van der Waals surface area (Å²) in [5.41, 5.74) is 3.97. The van der Waals surface area contributed by atoms with Crippen LogP contribution in [0.2, 0.25) is 0 Å². The molecule has 0 saturated carbocycles. The lowest BCUT2D eigenvalue weighted by atomic mass is 9.84. The summed E-state index contributed by atoms with van der Waals surface area (Å²) in [4.78, 5) is 0. The monoisotopic (exact) mass is 202 g/mol. The van der Waals surface area contributed by atoms with Crippen LogP contribution in [0.3, 0.4) is 0 Å². The summed E-state index contributed by atoms with van der Waals surface area (Å²) in [5, 5.41) is 0. The molecule has 15 heavy (non-hydrogen) atoms. The zero-order chi connectivity index (χ0) is 11.1. The van der Waals surface area contributed by atoms with Crippen LogP contribution in [0.5, 0.6) is 5.75 Å². The lowest BCUT2D eigenvalue weighted by molar-refractivity contribution is 0.346. The number of hydrogen-bond donors (Lipinski definition) is 0. The second-order valence-electron chi connectivity index (χ2n) is 5.14. The minimum atomic E-state index is 0.142. The molecule has 0 aliphatic carbocycles. The second kappa shape index (κ2) is 3.41. The van der Waals surface area contributed by atoms with Crippen LogP contribution in [0.4, 0.5) is 0 Å². The van der Waals surface area contributed by atoms with Gasteiger partial charge in [-0.05, 0) is 24.0 Å². The van der Waals surface area contributed by atoms with Gasteiger partial charge in [0.25, 0.3) is 0 Å². The maximum atomic E-state index is 5.78. The first-order chi connectivity index (χ1) is 7.00. The fourth-order valence-electron chi connectivity index (χ4n) is 1.95. The Morgan fingerprint density at radius 2 is 1.93 bits per heavy atom. The van der Waals surface area contributed by atoms with Crippen molar-refractivity contribution >= 4 is 6.08 Å². The first kappa shape index (κ1) is 10.3. The molecule has 1 nitrogen and oxygen atoms in total. The molecule has 0 unspecified atom stereocenters. The summed E-state index contributed by atoms with van der Waals surface area (Å²) in [7, 11) is 0. The van der Waals surface area contributed by atoms with Gasteiger partial charge in [0.15, 0.2) is 0 Å². The minimum absolute atomic E-state index is 0.142. The predicted molar refractivity (Wildman–Crippen MR) is 64.4 cm³/mol. The first-order valence-corrected chi connectivity index (χ1v) is 5.43. The molecule has 0 aromatic heterocycles. The Morgan fingerprint density at radius 3 is 2.60 bits per heavy atom. The molecule has 0 amide bonds. The first-order valence-electron chi connectivity index (χ1n) is 5.43. The predicted octanol–water partition coefficient (Wildman–Crippen LogP) is 3.70. The maximum Gasteiger partial charge on any atom is 0.130 e. The Bertz CT molecular complexity index is 408. The van der Waals surface area contributed by atoms with E-state index in [4.69, 9.17) is 4.74 Å². The van der Waals surface area contributed by atoms with Crippen molar-refractivity contribution < 1.29 is 4.74 Å². The van der Waals surface area contributed by atoms with Crippen molar-refractivity contribution in [1.82, 2.24) is 0 Å². The van der Waals surface area contributed by atoms with Crippen molar-refractivity contribution in [1.29, 1.82) is 0 Å². The van der Waals surface area contributed by atoms with E-state index in [1.165, 1.54) is 16.7 Å².